The minimum absolute atomic E-state index is 0.367. The van der Waals surface area contributed by atoms with E-state index in [2.05, 4.69) is 0 Å². The zero-order valence-corrected chi connectivity index (χ0v) is 20.0. The summed E-state index contributed by atoms with van der Waals surface area (Å²) >= 11 is 0. The van der Waals surface area contributed by atoms with Crippen molar-refractivity contribution in [2.75, 3.05) is 0 Å². The second-order valence-corrected chi connectivity index (χ2v) is 10.4. The molecule has 0 unspecified atom stereocenters. The van der Waals surface area contributed by atoms with Gasteiger partial charge in [0.25, 0.3) is 0 Å². The predicted molar refractivity (Wildman–Crippen MR) is 128 cm³/mol. The van der Waals surface area contributed by atoms with Crippen LogP contribution in [0.2, 0.25) is 0 Å². The molecule has 6 heteroatoms. The molecular weight excluding hydrogens is 416 g/mol. The third kappa shape index (κ3) is 5.63. The van der Waals surface area contributed by atoms with Crippen LogP contribution in [-0.4, -0.2) is 50.2 Å². The SMILES string of the molecule is CC(C)(O)[C@@H](Cc1ccccc1)N(C(=O)C1(C(N)=O)CC1)[C@H](Cc1ccccc1)C(C)(C)O. The van der Waals surface area contributed by atoms with Gasteiger partial charge in [-0.3, -0.25) is 9.59 Å². The maximum Gasteiger partial charge on any atom is 0.238 e. The molecule has 1 aliphatic rings. The molecule has 0 aromatic heterocycles. The molecule has 33 heavy (non-hydrogen) atoms. The summed E-state index contributed by atoms with van der Waals surface area (Å²) in [7, 11) is 0. The molecule has 2 amide bonds. The summed E-state index contributed by atoms with van der Waals surface area (Å²) in [6, 6.07) is 17.8. The van der Waals surface area contributed by atoms with Crippen molar-refractivity contribution in [3.63, 3.8) is 0 Å². The topological polar surface area (TPSA) is 104 Å². The van der Waals surface area contributed by atoms with Crippen LogP contribution in [0.25, 0.3) is 0 Å². The number of amides is 2. The zero-order chi connectivity index (χ0) is 24.4. The minimum atomic E-state index is -1.31. The Kier molecular flexibility index (Phi) is 7.01. The van der Waals surface area contributed by atoms with E-state index < -0.39 is 40.5 Å². The van der Waals surface area contributed by atoms with Crippen molar-refractivity contribution >= 4 is 11.8 Å². The van der Waals surface area contributed by atoms with Crippen molar-refractivity contribution in [3.8, 4) is 0 Å². The van der Waals surface area contributed by atoms with Gasteiger partial charge in [0.1, 0.15) is 5.41 Å². The molecule has 2 aromatic rings. The number of hydrogen-bond acceptors (Lipinski definition) is 4. The van der Waals surface area contributed by atoms with Gasteiger partial charge < -0.3 is 20.8 Å². The Labute approximate surface area is 196 Å². The standard InChI is InChI=1S/C27H36N2O4/c1-25(2,32)21(17-19-11-7-5-8-12-19)29(24(31)27(15-16-27)23(28)30)22(26(3,4)33)18-20-13-9-6-10-14-20/h5-14,21-22,32-33H,15-18H2,1-4H3,(H2,28,30)/t21-,22-/m1/s1. The van der Waals surface area contributed by atoms with E-state index in [-0.39, 0.29) is 0 Å². The summed E-state index contributed by atoms with van der Waals surface area (Å²) in [6.07, 6.45) is 1.50. The Morgan fingerprint density at radius 1 is 0.848 bits per heavy atom. The first-order valence-corrected chi connectivity index (χ1v) is 11.5. The smallest absolute Gasteiger partial charge is 0.238 e. The number of nitrogens with zero attached hydrogens (tertiary/aromatic N) is 1. The average molecular weight is 453 g/mol. The first kappa shape index (κ1) is 24.9. The number of nitrogens with two attached hydrogens (primary N) is 1. The highest BCUT2D eigenvalue weighted by Gasteiger charge is 2.60. The maximum absolute atomic E-state index is 14.0. The van der Waals surface area contributed by atoms with Crippen LogP contribution in [0.15, 0.2) is 60.7 Å². The summed E-state index contributed by atoms with van der Waals surface area (Å²) < 4.78 is 0. The number of hydrogen-bond donors (Lipinski definition) is 3. The van der Waals surface area contributed by atoms with Crippen LogP contribution < -0.4 is 5.73 Å². The molecule has 2 aromatic carbocycles. The highest BCUT2D eigenvalue weighted by molar-refractivity contribution is 6.07. The van der Waals surface area contributed by atoms with Crippen LogP contribution in [0.4, 0.5) is 0 Å². The van der Waals surface area contributed by atoms with Crippen molar-refractivity contribution < 1.29 is 19.8 Å². The summed E-state index contributed by atoms with van der Waals surface area (Å²) in [5.41, 5.74) is 3.68. The number of aliphatic hydroxyl groups is 2. The number of carbonyl (C=O) groups is 2. The van der Waals surface area contributed by atoms with Gasteiger partial charge >= 0.3 is 0 Å². The van der Waals surface area contributed by atoms with Crippen LogP contribution in [0.3, 0.4) is 0 Å². The monoisotopic (exact) mass is 452 g/mol. The van der Waals surface area contributed by atoms with Gasteiger partial charge in [-0.05, 0) is 64.5 Å². The third-order valence-electron chi connectivity index (χ3n) is 6.71. The molecule has 0 aliphatic heterocycles. The number of carbonyl (C=O) groups excluding carboxylic acids is 2. The number of rotatable bonds is 10. The molecule has 4 N–H and O–H groups in total. The lowest BCUT2D eigenvalue weighted by Gasteiger charge is -2.48. The molecular formula is C27H36N2O4. The molecule has 178 valence electrons. The molecule has 0 saturated heterocycles. The molecule has 0 bridgehead atoms. The summed E-state index contributed by atoms with van der Waals surface area (Å²) in [5, 5.41) is 22.5. The molecule has 2 atom stereocenters. The van der Waals surface area contributed by atoms with Gasteiger partial charge in [-0.2, -0.15) is 0 Å². The zero-order valence-electron chi connectivity index (χ0n) is 20.0. The van der Waals surface area contributed by atoms with Gasteiger partial charge in [-0.15, -0.1) is 0 Å². The minimum Gasteiger partial charge on any atom is -0.388 e. The lowest BCUT2D eigenvalue weighted by atomic mass is 9.83. The molecule has 0 heterocycles. The molecule has 0 radical (unpaired) electrons. The van der Waals surface area contributed by atoms with Crippen LogP contribution in [0.5, 0.6) is 0 Å². The lowest BCUT2D eigenvalue weighted by Crippen LogP contribution is -2.64. The summed E-state index contributed by atoms with van der Waals surface area (Å²) in [4.78, 5) is 27.9. The van der Waals surface area contributed by atoms with Crippen LogP contribution in [0, 0.1) is 5.41 Å². The molecule has 1 aliphatic carbocycles. The van der Waals surface area contributed by atoms with Crippen LogP contribution >= 0.6 is 0 Å². The molecule has 1 fully saturated rings. The van der Waals surface area contributed by atoms with Gasteiger partial charge in [0.05, 0.1) is 23.3 Å². The lowest BCUT2D eigenvalue weighted by molar-refractivity contribution is -0.160. The van der Waals surface area contributed by atoms with E-state index in [1.165, 1.54) is 0 Å². The molecule has 0 spiro atoms. The van der Waals surface area contributed by atoms with Crippen molar-refractivity contribution in [2.24, 2.45) is 11.1 Å². The Morgan fingerprint density at radius 2 is 1.21 bits per heavy atom. The highest BCUT2D eigenvalue weighted by atomic mass is 16.3. The van der Waals surface area contributed by atoms with Gasteiger partial charge in [0.15, 0.2) is 0 Å². The fourth-order valence-electron chi connectivity index (χ4n) is 4.49. The largest absolute Gasteiger partial charge is 0.388 e. The quantitative estimate of drug-likeness (QED) is 0.482. The van der Waals surface area contributed by atoms with Crippen molar-refractivity contribution in [1.29, 1.82) is 0 Å². The van der Waals surface area contributed by atoms with Gasteiger partial charge in [-0.25, -0.2) is 0 Å². The van der Waals surface area contributed by atoms with E-state index in [0.29, 0.717) is 25.7 Å². The predicted octanol–water partition coefficient (Wildman–Crippen LogP) is 2.84. The first-order valence-electron chi connectivity index (χ1n) is 11.5. The van der Waals surface area contributed by atoms with Crippen molar-refractivity contribution in [2.45, 2.75) is 76.7 Å². The second-order valence-electron chi connectivity index (χ2n) is 10.4. The van der Waals surface area contributed by atoms with Gasteiger partial charge in [0, 0.05) is 0 Å². The number of benzene rings is 2. The van der Waals surface area contributed by atoms with E-state index in [0.717, 1.165) is 11.1 Å². The maximum atomic E-state index is 14.0. The van der Waals surface area contributed by atoms with Crippen molar-refractivity contribution in [3.05, 3.63) is 71.8 Å². The summed E-state index contributed by atoms with van der Waals surface area (Å²) in [6.45, 7) is 6.65. The van der Waals surface area contributed by atoms with E-state index >= 15 is 0 Å². The number of primary amides is 1. The molecule has 1 saturated carbocycles. The van der Waals surface area contributed by atoms with Crippen LogP contribution in [-0.2, 0) is 22.4 Å². The van der Waals surface area contributed by atoms with E-state index in [1.54, 1.807) is 32.6 Å². The van der Waals surface area contributed by atoms with Gasteiger partial charge in [0.2, 0.25) is 11.8 Å². The average Bonchev–Trinajstić information content (AvgIpc) is 3.55. The summed E-state index contributed by atoms with van der Waals surface area (Å²) in [5.74, 6) is -1.07. The molecule has 6 nitrogen and oxygen atoms in total. The normalized spacial score (nSPS) is 17.2. The Morgan fingerprint density at radius 3 is 1.48 bits per heavy atom. The fourth-order valence-corrected chi connectivity index (χ4v) is 4.49. The van der Waals surface area contributed by atoms with Gasteiger partial charge in [-0.1, -0.05) is 60.7 Å². The first-order chi connectivity index (χ1) is 15.4. The Balaban J connectivity index is 2.13. The Hall–Kier alpha value is -2.70. The van der Waals surface area contributed by atoms with Crippen molar-refractivity contribution in [1.82, 2.24) is 4.90 Å². The third-order valence-corrected chi connectivity index (χ3v) is 6.71. The van der Waals surface area contributed by atoms with Crippen LogP contribution in [0.1, 0.15) is 51.7 Å². The van der Waals surface area contributed by atoms with E-state index in [9.17, 15) is 19.8 Å². The Bertz CT molecular complexity index is 898. The molecule has 3 rings (SSSR count). The fraction of sp³-hybridized carbons (Fsp3) is 0.481. The van der Waals surface area contributed by atoms with E-state index in [1.807, 2.05) is 60.7 Å². The highest BCUT2D eigenvalue weighted by Crippen LogP contribution is 2.49. The van der Waals surface area contributed by atoms with E-state index in [4.69, 9.17) is 5.73 Å². The second kappa shape index (κ2) is 9.27.